The highest BCUT2D eigenvalue weighted by Gasteiger charge is 2.22. The molecule has 100 valence electrons. The first-order valence-corrected chi connectivity index (χ1v) is 5.90. The third kappa shape index (κ3) is 1.86. The van der Waals surface area contributed by atoms with Crippen molar-refractivity contribution in [2.45, 2.75) is 0 Å². The summed E-state index contributed by atoms with van der Waals surface area (Å²) in [7, 11) is 0. The highest BCUT2D eigenvalue weighted by Crippen LogP contribution is 2.36. The first-order chi connectivity index (χ1) is 9.70. The Balaban J connectivity index is 1.99. The molecule has 3 rings (SSSR count). The van der Waals surface area contributed by atoms with Gasteiger partial charge in [0, 0.05) is 23.9 Å². The molecule has 1 aliphatic rings. The zero-order chi connectivity index (χ0) is 14.1. The van der Waals surface area contributed by atoms with Crippen LogP contribution in [0.5, 0.6) is 0 Å². The van der Waals surface area contributed by atoms with Gasteiger partial charge in [-0.2, -0.15) is 0 Å². The van der Waals surface area contributed by atoms with Crippen LogP contribution in [0.2, 0.25) is 0 Å². The Morgan fingerprint density at radius 1 is 1.20 bits per heavy atom. The van der Waals surface area contributed by atoms with E-state index in [-0.39, 0.29) is 5.69 Å². The lowest BCUT2D eigenvalue weighted by atomic mass is 10.1. The maximum absolute atomic E-state index is 10.7. The topological polar surface area (TPSA) is 94.3 Å². The Labute approximate surface area is 114 Å². The van der Waals surface area contributed by atoms with E-state index >= 15 is 0 Å². The number of benzene rings is 2. The molecule has 0 atom stereocenters. The van der Waals surface area contributed by atoms with E-state index in [1.165, 1.54) is 18.3 Å². The summed E-state index contributed by atoms with van der Waals surface area (Å²) < 4.78 is 0. The number of rotatable bonds is 3. The number of hydrogen-bond acceptors (Lipinski definition) is 6. The zero-order valence-electron chi connectivity index (χ0n) is 10.3. The highest BCUT2D eigenvalue weighted by molar-refractivity contribution is 5.94. The van der Waals surface area contributed by atoms with E-state index in [9.17, 15) is 10.1 Å². The second kappa shape index (κ2) is 4.63. The minimum Gasteiger partial charge on any atom is -0.308 e. The number of non-ortho nitro benzene ring substituents is 1. The van der Waals surface area contributed by atoms with Crippen molar-refractivity contribution in [3.8, 4) is 0 Å². The van der Waals surface area contributed by atoms with Gasteiger partial charge < -0.3 is 10.8 Å². The molecule has 1 heterocycles. The molecular formula is C13H11N5O2. The molecule has 0 unspecified atom stereocenters. The normalized spacial score (nSPS) is 12.7. The lowest BCUT2D eigenvalue weighted by Crippen LogP contribution is -2.31. The number of nitro benzene ring substituents is 1. The monoisotopic (exact) mass is 269 g/mol. The van der Waals surface area contributed by atoms with Crippen molar-refractivity contribution in [2.75, 3.05) is 10.4 Å². The number of hydrogen-bond donors (Lipinski definition) is 3. The van der Waals surface area contributed by atoms with Gasteiger partial charge in [0.25, 0.3) is 5.69 Å². The molecule has 20 heavy (non-hydrogen) atoms. The van der Waals surface area contributed by atoms with E-state index in [4.69, 9.17) is 5.41 Å². The van der Waals surface area contributed by atoms with Crippen molar-refractivity contribution in [1.82, 2.24) is 5.53 Å². The summed E-state index contributed by atoms with van der Waals surface area (Å²) in [5.41, 5.74) is 9.22. The van der Waals surface area contributed by atoms with Gasteiger partial charge in [0.05, 0.1) is 22.0 Å². The lowest BCUT2D eigenvalue weighted by molar-refractivity contribution is -0.384. The number of anilines is 3. The number of fused-ring (bicyclic) bond motifs is 1. The van der Waals surface area contributed by atoms with Crippen LogP contribution in [0.4, 0.5) is 22.7 Å². The van der Waals surface area contributed by atoms with Crippen LogP contribution in [0.1, 0.15) is 5.56 Å². The summed E-state index contributed by atoms with van der Waals surface area (Å²) in [5.74, 6) is 0. The van der Waals surface area contributed by atoms with Gasteiger partial charge in [-0.3, -0.25) is 15.1 Å². The van der Waals surface area contributed by atoms with Crippen LogP contribution < -0.4 is 16.0 Å². The van der Waals surface area contributed by atoms with E-state index in [1.807, 2.05) is 18.2 Å². The number of nitro groups is 1. The minimum atomic E-state index is -0.430. The summed E-state index contributed by atoms with van der Waals surface area (Å²) in [6.07, 6.45) is 1.27. The van der Waals surface area contributed by atoms with Crippen LogP contribution in [0, 0.1) is 15.5 Å². The maximum atomic E-state index is 10.7. The molecule has 7 heteroatoms. The SMILES string of the molecule is N=Cc1cccc2c1NNN2c1ccc([N+](=O)[O-])cc1. The second-order valence-corrected chi connectivity index (χ2v) is 4.23. The van der Waals surface area contributed by atoms with Crippen LogP contribution in [0.15, 0.2) is 42.5 Å². The third-order valence-electron chi connectivity index (χ3n) is 3.08. The molecule has 2 aromatic carbocycles. The van der Waals surface area contributed by atoms with E-state index < -0.39 is 4.92 Å². The number of nitrogens with zero attached hydrogens (tertiary/aromatic N) is 2. The van der Waals surface area contributed by atoms with Crippen molar-refractivity contribution in [2.24, 2.45) is 0 Å². The van der Waals surface area contributed by atoms with Crippen molar-refractivity contribution >= 4 is 29.0 Å². The highest BCUT2D eigenvalue weighted by atomic mass is 16.6. The fraction of sp³-hybridized carbons (Fsp3) is 0. The lowest BCUT2D eigenvalue weighted by Gasteiger charge is -2.17. The van der Waals surface area contributed by atoms with E-state index in [0.29, 0.717) is 0 Å². The summed E-state index contributed by atoms with van der Waals surface area (Å²) in [5, 5.41) is 19.8. The largest absolute Gasteiger partial charge is 0.308 e. The molecule has 0 fully saturated rings. The summed E-state index contributed by atoms with van der Waals surface area (Å²) >= 11 is 0. The Hall–Kier alpha value is -2.93. The molecule has 0 saturated heterocycles. The smallest absolute Gasteiger partial charge is 0.269 e. The average Bonchev–Trinajstić information content (AvgIpc) is 2.91. The maximum Gasteiger partial charge on any atom is 0.269 e. The fourth-order valence-corrected chi connectivity index (χ4v) is 2.10. The average molecular weight is 269 g/mol. The molecule has 0 saturated carbocycles. The standard InChI is InChI=1S/C13H11N5O2/c14-8-9-2-1-3-12-13(9)15-16-17(12)10-4-6-11(7-5-10)18(19)20/h1-8,14-16H. The van der Waals surface area contributed by atoms with Gasteiger partial charge in [0.15, 0.2) is 0 Å². The molecule has 2 aromatic rings. The van der Waals surface area contributed by atoms with Gasteiger partial charge in [0.1, 0.15) is 0 Å². The molecule has 7 nitrogen and oxygen atoms in total. The Morgan fingerprint density at radius 2 is 1.95 bits per heavy atom. The molecule has 0 radical (unpaired) electrons. The second-order valence-electron chi connectivity index (χ2n) is 4.23. The molecule has 0 aliphatic carbocycles. The number of hydrazine groups is 2. The first kappa shape index (κ1) is 12.1. The summed E-state index contributed by atoms with van der Waals surface area (Å²) in [6, 6.07) is 11.8. The summed E-state index contributed by atoms with van der Waals surface area (Å²) in [6.45, 7) is 0. The Morgan fingerprint density at radius 3 is 2.60 bits per heavy atom. The predicted molar refractivity (Wildman–Crippen MR) is 76.3 cm³/mol. The Bertz CT molecular complexity index is 684. The molecule has 0 aromatic heterocycles. The van der Waals surface area contributed by atoms with E-state index in [0.717, 1.165) is 22.6 Å². The number of nitrogens with one attached hydrogen (secondary N) is 3. The fourth-order valence-electron chi connectivity index (χ4n) is 2.10. The molecule has 3 N–H and O–H groups in total. The van der Waals surface area contributed by atoms with Gasteiger partial charge >= 0.3 is 0 Å². The van der Waals surface area contributed by atoms with E-state index in [2.05, 4.69) is 11.0 Å². The van der Waals surface area contributed by atoms with Crippen LogP contribution in [0.3, 0.4) is 0 Å². The third-order valence-corrected chi connectivity index (χ3v) is 3.08. The molecule has 0 amide bonds. The molecule has 0 bridgehead atoms. The van der Waals surface area contributed by atoms with Gasteiger partial charge in [-0.1, -0.05) is 12.1 Å². The van der Waals surface area contributed by atoms with Gasteiger partial charge in [-0.05, 0) is 18.2 Å². The van der Waals surface area contributed by atoms with Crippen molar-refractivity contribution in [1.29, 1.82) is 5.41 Å². The van der Waals surface area contributed by atoms with Crippen molar-refractivity contribution in [3.63, 3.8) is 0 Å². The molecule has 1 aliphatic heterocycles. The van der Waals surface area contributed by atoms with E-state index in [1.54, 1.807) is 17.1 Å². The predicted octanol–water partition coefficient (Wildman–Crippen LogP) is 2.58. The first-order valence-electron chi connectivity index (χ1n) is 5.90. The van der Waals surface area contributed by atoms with Crippen LogP contribution in [-0.4, -0.2) is 11.1 Å². The van der Waals surface area contributed by atoms with Gasteiger partial charge in [-0.25, -0.2) is 0 Å². The van der Waals surface area contributed by atoms with Crippen LogP contribution in [0.25, 0.3) is 0 Å². The van der Waals surface area contributed by atoms with Crippen LogP contribution in [-0.2, 0) is 0 Å². The van der Waals surface area contributed by atoms with Crippen LogP contribution >= 0.6 is 0 Å². The molecular weight excluding hydrogens is 258 g/mol. The van der Waals surface area contributed by atoms with Crippen molar-refractivity contribution < 1.29 is 4.92 Å². The van der Waals surface area contributed by atoms with Gasteiger partial charge in [0.2, 0.25) is 0 Å². The van der Waals surface area contributed by atoms with Crippen molar-refractivity contribution in [3.05, 3.63) is 58.1 Å². The molecule has 0 spiro atoms. The quantitative estimate of drug-likeness (QED) is 0.452. The summed E-state index contributed by atoms with van der Waals surface area (Å²) in [4.78, 5) is 10.2. The Kier molecular flexibility index (Phi) is 2.81. The zero-order valence-corrected chi connectivity index (χ0v) is 10.3. The minimum absolute atomic E-state index is 0.0503. The van der Waals surface area contributed by atoms with Gasteiger partial charge in [-0.15, -0.1) is 5.53 Å². The number of para-hydroxylation sites is 1.